The fourth-order valence-electron chi connectivity index (χ4n) is 2.42. The molecule has 0 bridgehead atoms. The van der Waals surface area contributed by atoms with Crippen molar-refractivity contribution >= 4 is 28.4 Å². The lowest BCUT2D eigenvalue weighted by Gasteiger charge is -2.18. The molecule has 0 atom stereocenters. The minimum absolute atomic E-state index is 0.0450. The SMILES string of the molecule is CN(Cc1ccccc1)C(=O)COc1ccc(Cl)c2cccnc12. The maximum Gasteiger partial charge on any atom is 0.260 e. The molecule has 0 saturated heterocycles. The number of amides is 1. The molecule has 1 aromatic heterocycles. The molecule has 0 spiro atoms. The number of fused-ring (bicyclic) bond motifs is 1. The molecule has 3 rings (SSSR count). The number of hydrogen-bond donors (Lipinski definition) is 0. The van der Waals surface area contributed by atoms with E-state index in [9.17, 15) is 4.79 Å². The van der Waals surface area contributed by atoms with Gasteiger partial charge in [0, 0.05) is 25.2 Å². The Morgan fingerprint density at radius 2 is 1.92 bits per heavy atom. The molecule has 1 heterocycles. The molecule has 3 aromatic rings. The number of aromatic nitrogens is 1. The first-order valence-corrected chi connectivity index (χ1v) is 7.97. The van der Waals surface area contributed by atoms with Crippen LogP contribution >= 0.6 is 11.6 Å². The largest absolute Gasteiger partial charge is 0.481 e. The summed E-state index contributed by atoms with van der Waals surface area (Å²) < 4.78 is 5.68. The third-order valence-corrected chi connectivity index (χ3v) is 4.05. The summed E-state index contributed by atoms with van der Waals surface area (Å²) in [7, 11) is 1.76. The van der Waals surface area contributed by atoms with Crippen LogP contribution < -0.4 is 4.74 Å². The normalized spacial score (nSPS) is 10.6. The van der Waals surface area contributed by atoms with Crippen LogP contribution in [0, 0.1) is 0 Å². The molecular formula is C19H17ClN2O2. The van der Waals surface area contributed by atoms with Gasteiger partial charge in [-0.2, -0.15) is 0 Å². The molecule has 0 unspecified atom stereocenters. The molecule has 0 aliphatic heterocycles. The quantitative estimate of drug-likeness (QED) is 0.707. The van der Waals surface area contributed by atoms with E-state index in [2.05, 4.69) is 4.98 Å². The number of nitrogens with zero attached hydrogens (tertiary/aromatic N) is 2. The van der Waals surface area contributed by atoms with Crippen LogP contribution in [-0.4, -0.2) is 29.4 Å². The number of likely N-dealkylation sites (N-methyl/N-ethyl adjacent to an activating group) is 1. The van der Waals surface area contributed by atoms with E-state index in [1.807, 2.05) is 42.5 Å². The predicted molar refractivity (Wildman–Crippen MR) is 95.2 cm³/mol. The van der Waals surface area contributed by atoms with E-state index >= 15 is 0 Å². The molecule has 2 aromatic carbocycles. The molecule has 0 N–H and O–H groups in total. The highest BCUT2D eigenvalue weighted by molar-refractivity contribution is 6.35. The molecule has 1 amide bonds. The van der Waals surface area contributed by atoms with Crippen molar-refractivity contribution in [3.63, 3.8) is 0 Å². The number of carbonyl (C=O) groups is 1. The van der Waals surface area contributed by atoms with Gasteiger partial charge in [0.1, 0.15) is 11.3 Å². The lowest BCUT2D eigenvalue weighted by atomic mass is 10.2. The van der Waals surface area contributed by atoms with Crippen molar-refractivity contribution in [2.75, 3.05) is 13.7 Å². The summed E-state index contributed by atoms with van der Waals surface area (Å²) in [5, 5.41) is 1.42. The van der Waals surface area contributed by atoms with Crippen molar-refractivity contribution in [1.82, 2.24) is 9.88 Å². The zero-order valence-corrected chi connectivity index (χ0v) is 14.0. The molecule has 122 valence electrons. The van der Waals surface area contributed by atoms with Gasteiger partial charge in [0.2, 0.25) is 0 Å². The Labute approximate surface area is 145 Å². The van der Waals surface area contributed by atoms with E-state index in [1.165, 1.54) is 0 Å². The van der Waals surface area contributed by atoms with Gasteiger partial charge >= 0.3 is 0 Å². The predicted octanol–water partition coefficient (Wildman–Crippen LogP) is 3.93. The first kappa shape index (κ1) is 16.3. The Balaban J connectivity index is 1.67. The average molecular weight is 341 g/mol. The van der Waals surface area contributed by atoms with Crippen LogP contribution in [0.1, 0.15) is 5.56 Å². The van der Waals surface area contributed by atoms with Gasteiger partial charge in [-0.1, -0.05) is 41.9 Å². The zero-order chi connectivity index (χ0) is 16.9. The van der Waals surface area contributed by atoms with Gasteiger partial charge in [-0.15, -0.1) is 0 Å². The van der Waals surface area contributed by atoms with Crippen LogP contribution in [0.25, 0.3) is 10.9 Å². The fourth-order valence-corrected chi connectivity index (χ4v) is 2.64. The minimum atomic E-state index is -0.0992. The molecule has 5 heteroatoms. The molecule has 0 aliphatic rings. The Bertz CT molecular complexity index is 852. The van der Waals surface area contributed by atoms with Crippen LogP contribution in [0.15, 0.2) is 60.8 Å². The van der Waals surface area contributed by atoms with Gasteiger partial charge in [0.05, 0.1) is 5.02 Å². The second-order valence-corrected chi connectivity index (χ2v) is 5.88. The lowest BCUT2D eigenvalue weighted by molar-refractivity contribution is -0.132. The third-order valence-electron chi connectivity index (χ3n) is 3.72. The lowest BCUT2D eigenvalue weighted by Crippen LogP contribution is -2.30. The highest BCUT2D eigenvalue weighted by Crippen LogP contribution is 2.29. The summed E-state index contributed by atoms with van der Waals surface area (Å²) in [6, 6.07) is 17.0. The number of carbonyl (C=O) groups excluding carboxylic acids is 1. The number of ether oxygens (including phenoxy) is 1. The van der Waals surface area contributed by atoms with Gasteiger partial charge in [-0.25, -0.2) is 0 Å². The second kappa shape index (κ2) is 7.32. The van der Waals surface area contributed by atoms with E-state index in [0.29, 0.717) is 22.8 Å². The summed E-state index contributed by atoms with van der Waals surface area (Å²) in [4.78, 5) is 18.2. The maximum absolute atomic E-state index is 12.3. The van der Waals surface area contributed by atoms with Gasteiger partial charge in [0.15, 0.2) is 6.61 Å². The van der Waals surface area contributed by atoms with Crippen LogP contribution in [0.5, 0.6) is 5.75 Å². The average Bonchev–Trinajstić information content (AvgIpc) is 2.62. The van der Waals surface area contributed by atoms with Gasteiger partial charge < -0.3 is 9.64 Å². The fraction of sp³-hybridized carbons (Fsp3) is 0.158. The molecule has 0 radical (unpaired) electrons. The highest BCUT2D eigenvalue weighted by Gasteiger charge is 2.12. The van der Waals surface area contributed by atoms with E-state index < -0.39 is 0 Å². The number of halogens is 1. The van der Waals surface area contributed by atoms with Gasteiger partial charge in [0.25, 0.3) is 5.91 Å². The Hall–Kier alpha value is -2.59. The van der Waals surface area contributed by atoms with Crippen molar-refractivity contribution in [1.29, 1.82) is 0 Å². The van der Waals surface area contributed by atoms with Crippen molar-refractivity contribution in [2.45, 2.75) is 6.54 Å². The Kier molecular flexibility index (Phi) is 4.96. The first-order chi connectivity index (χ1) is 11.6. The number of hydrogen-bond acceptors (Lipinski definition) is 3. The van der Waals surface area contributed by atoms with Crippen molar-refractivity contribution in [2.24, 2.45) is 0 Å². The molecule has 24 heavy (non-hydrogen) atoms. The Morgan fingerprint density at radius 3 is 2.71 bits per heavy atom. The van der Waals surface area contributed by atoms with Crippen molar-refractivity contribution < 1.29 is 9.53 Å². The topological polar surface area (TPSA) is 42.4 Å². The van der Waals surface area contributed by atoms with Crippen LogP contribution in [0.4, 0.5) is 0 Å². The smallest absolute Gasteiger partial charge is 0.260 e. The van der Waals surface area contributed by atoms with E-state index in [4.69, 9.17) is 16.3 Å². The first-order valence-electron chi connectivity index (χ1n) is 7.59. The monoisotopic (exact) mass is 340 g/mol. The molecular weight excluding hydrogens is 324 g/mol. The van der Waals surface area contributed by atoms with Crippen molar-refractivity contribution in [3.8, 4) is 5.75 Å². The Morgan fingerprint density at radius 1 is 1.12 bits per heavy atom. The number of pyridine rings is 1. The third kappa shape index (κ3) is 3.66. The molecule has 0 saturated carbocycles. The molecule has 0 aliphatic carbocycles. The van der Waals surface area contributed by atoms with Crippen LogP contribution in [0.2, 0.25) is 5.02 Å². The van der Waals surface area contributed by atoms with E-state index in [-0.39, 0.29) is 12.5 Å². The standard InChI is InChI=1S/C19H17ClN2O2/c1-22(12-14-6-3-2-4-7-14)18(23)13-24-17-10-9-16(20)15-8-5-11-21-19(15)17/h2-11H,12-13H2,1H3. The van der Waals surface area contributed by atoms with E-state index in [1.54, 1.807) is 30.3 Å². The summed E-state index contributed by atoms with van der Waals surface area (Å²) >= 11 is 6.16. The highest BCUT2D eigenvalue weighted by atomic mass is 35.5. The summed E-state index contributed by atoms with van der Waals surface area (Å²) in [5.74, 6) is 0.453. The summed E-state index contributed by atoms with van der Waals surface area (Å²) in [6.45, 7) is 0.499. The number of benzene rings is 2. The summed E-state index contributed by atoms with van der Waals surface area (Å²) in [5.41, 5.74) is 1.73. The maximum atomic E-state index is 12.3. The minimum Gasteiger partial charge on any atom is -0.481 e. The van der Waals surface area contributed by atoms with Crippen molar-refractivity contribution in [3.05, 3.63) is 71.4 Å². The number of rotatable bonds is 5. The summed E-state index contributed by atoms with van der Waals surface area (Å²) in [6.07, 6.45) is 1.68. The van der Waals surface area contributed by atoms with Gasteiger partial charge in [-0.05, 0) is 29.8 Å². The zero-order valence-electron chi connectivity index (χ0n) is 13.3. The van der Waals surface area contributed by atoms with Crippen LogP contribution in [-0.2, 0) is 11.3 Å². The van der Waals surface area contributed by atoms with Gasteiger partial charge in [-0.3, -0.25) is 9.78 Å². The molecule has 0 fully saturated rings. The second-order valence-electron chi connectivity index (χ2n) is 5.47. The van der Waals surface area contributed by atoms with Crippen LogP contribution in [0.3, 0.4) is 0 Å². The van der Waals surface area contributed by atoms with E-state index in [0.717, 1.165) is 10.9 Å². The molecule has 4 nitrogen and oxygen atoms in total.